The zero-order chi connectivity index (χ0) is 27.0. The van der Waals surface area contributed by atoms with Crippen molar-refractivity contribution >= 4 is 17.1 Å². The van der Waals surface area contributed by atoms with Crippen LogP contribution >= 0.6 is 0 Å². The van der Waals surface area contributed by atoms with E-state index < -0.39 is 5.97 Å². The molecule has 0 spiro atoms. The summed E-state index contributed by atoms with van der Waals surface area (Å²) in [5, 5.41) is 18.6. The maximum absolute atomic E-state index is 11.1. The van der Waals surface area contributed by atoms with Crippen LogP contribution in [0.25, 0.3) is 11.2 Å². The van der Waals surface area contributed by atoms with Gasteiger partial charge >= 0.3 is 5.97 Å². The monoisotopic (exact) mass is 518 g/mol. The van der Waals surface area contributed by atoms with Crippen molar-refractivity contribution in [2.24, 2.45) is 0 Å². The number of unbranched alkanes of at least 4 members (excludes halogenated alkanes) is 9. The molecule has 0 aliphatic heterocycles. The van der Waals surface area contributed by atoms with Crippen molar-refractivity contribution in [3.8, 4) is 11.5 Å². The van der Waals surface area contributed by atoms with Crippen molar-refractivity contribution in [3.05, 3.63) is 83.4 Å². The summed E-state index contributed by atoms with van der Waals surface area (Å²) in [7, 11) is 0. The lowest BCUT2D eigenvalue weighted by atomic mass is 10.0. The second kappa shape index (κ2) is 16.4. The Morgan fingerprint density at radius 2 is 1.29 bits per heavy atom. The van der Waals surface area contributed by atoms with E-state index in [1.807, 2.05) is 43.3 Å². The summed E-state index contributed by atoms with van der Waals surface area (Å²) in [4.78, 5) is 11.1. The highest BCUT2D eigenvalue weighted by molar-refractivity contribution is 5.90. The number of aryl methyl sites for hydroxylation is 2. The molecule has 38 heavy (non-hydrogen) atoms. The second-order valence-electron chi connectivity index (χ2n) is 9.81. The molecule has 4 rings (SSSR count). The van der Waals surface area contributed by atoms with Gasteiger partial charge in [0, 0.05) is 0 Å². The van der Waals surface area contributed by atoms with Gasteiger partial charge in [0.15, 0.2) is 0 Å². The molecule has 2 aromatic carbocycles. The van der Waals surface area contributed by atoms with Gasteiger partial charge in [0.05, 0.1) is 6.61 Å². The molecule has 5 heteroatoms. The Morgan fingerprint density at radius 3 is 1.82 bits per heavy atom. The zero-order valence-electron chi connectivity index (χ0n) is 22.7. The number of carbonyl (C=O) groups is 1. The van der Waals surface area contributed by atoms with Crippen LogP contribution in [0, 0.1) is 0 Å². The van der Waals surface area contributed by atoms with E-state index in [0.29, 0.717) is 0 Å². The summed E-state index contributed by atoms with van der Waals surface area (Å²) >= 11 is 0. The fourth-order valence-corrected chi connectivity index (χ4v) is 4.69. The summed E-state index contributed by atoms with van der Waals surface area (Å²) in [6.07, 6.45) is 14.5. The normalized spacial score (nSPS) is 10.9. The molecule has 2 heterocycles. The molecule has 0 atom stereocenters. The fourth-order valence-electron chi connectivity index (χ4n) is 4.69. The number of carboxylic acids is 1. The van der Waals surface area contributed by atoms with Gasteiger partial charge in [0.2, 0.25) is 0 Å². The first kappa shape index (κ1) is 29.1. The molecule has 0 fully saturated rings. The molecule has 0 saturated carbocycles. The van der Waals surface area contributed by atoms with Gasteiger partial charge in [-0.3, -0.25) is 0 Å². The van der Waals surface area contributed by atoms with E-state index in [4.69, 9.17) is 14.3 Å². The SMILES string of the molecule is CCOc1ccccc1CCCCCCCCCCCCc1ccc(O)c(C(=O)O)c1.c1cc2ccc1o2. The maximum atomic E-state index is 11.1. The topological polar surface area (TPSA) is 79.9 Å². The van der Waals surface area contributed by atoms with Crippen molar-refractivity contribution in [3.63, 3.8) is 0 Å². The number of ether oxygens (including phenoxy) is 1. The van der Waals surface area contributed by atoms with Crippen LogP contribution in [0.3, 0.4) is 0 Å². The summed E-state index contributed by atoms with van der Waals surface area (Å²) in [6.45, 7) is 2.75. The van der Waals surface area contributed by atoms with E-state index in [-0.39, 0.29) is 11.3 Å². The van der Waals surface area contributed by atoms with Crippen molar-refractivity contribution in [1.82, 2.24) is 0 Å². The van der Waals surface area contributed by atoms with Gasteiger partial charge in [-0.25, -0.2) is 4.79 Å². The van der Waals surface area contributed by atoms with Gasteiger partial charge in [-0.15, -0.1) is 0 Å². The molecule has 5 nitrogen and oxygen atoms in total. The van der Waals surface area contributed by atoms with Crippen LogP contribution in [0.15, 0.2) is 71.1 Å². The highest BCUT2D eigenvalue weighted by atomic mass is 16.5. The van der Waals surface area contributed by atoms with Crippen LogP contribution in [0.5, 0.6) is 11.5 Å². The average molecular weight is 519 g/mol. The molecule has 204 valence electrons. The predicted molar refractivity (Wildman–Crippen MR) is 154 cm³/mol. The Kier molecular flexibility index (Phi) is 12.5. The van der Waals surface area contributed by atoms with Crippen molar-refractivity contribution in [2.45, 2.75) is 84.0 Å². The second-order valence-corrected chi connectivity index (χ2v) is 9.81. The van der Waals surface area contributed by atoms with Gasteiger partial charge in [0.1, 0.15) is 28.2 Å². The number of aromatic hydroxyl groups is 1. The lowest BCUT2D eigenvalue weighted by Gasteiger charge is -2.09. The van der Waals surface area contributed by atoms with Gasteiger partial charge in [-0.05, 0) is 86.2 Å². The van der Waals surface area contributed by atoms with Crippen LogP contribution in [0.1, 0.15) is 92.6 Å². The van der Waals surface area contributed by atoms with E-state index in [0.717, 1.165) is 48.3 Å². The minimum atomic E-state index is -1.07. The van der Waals surface area contributed by atoms with Gasteiger partial charge in [0.25, 0.3) is 0 Å². The van der Waals surface area contributed by atoms with E-state index in [9.17, 15) is 9.90 Å². The number of carboxylic acid groups (broad SMARTS) is 1. The third-order valence-corrected chi connectivity index (χ3v) is 6.78. The zero-order valence-corrected chi connectivity index (χ0v) is 22.7. The Hall–Kier alpha value is -3.47. The number of aromatic carboxylic acids is 1. The van der Waals surface area contributed by atoms with E-state index in [1.165, 1.54) is 69.4 Å². The van der Waals surface area contributed by atoms with Crippen LogP contribution in [0.4, 0.5) is 0 Å². The molecule has 2 N–H and O–H groups in total. The first-order valence-corrected chi connectivity index (χ1v) is 14.1. The quantitative estimate of drug-likeness (QED) is 0.145. The van der Waals surface area contributed by atoms with E-state index >= 15 is 0 Å². The van der Waals surface area contributed by atoms with Gasteiger partial charge in [-0.1, -0.05) is 75.6 Å². The number of hydrogen-bond donors (Lipinski definition) is 2. The minimum absolute atomic E-state index is 0.00370. The molecule has 2 bridgehead atoms. The molecule has 0 saturated heterocycles. The third-order valence-electron chi connectivity index (χ3n) is 6.78. The number of furan rings is 2. The molecule has 0 aliphatic rings. The smallest absolute Gasteiger partial charge is 0.339 e. The highest BCUT2D eigenvalue weighted by Crippen LogP contribution is 2.22. The number of fused-ring (bicyclic) bond motifs is 2. The molecule has 0 aliphatic carbocycles. The standard InChI is InChI=1S/C27H38O4.C6H4O/c1-2-31-26-18-14-13-17-23(26)16-12-10-8-6-4-3-5-7-9-11-15-22-19-20-25(28)24(21-22)27(29)30;1-2-6-4-3-5(1)7-6/h13-14,17-21,28H,2-12,15-16H2,1H3,(H,29,30);1-4H. The van der Waals surface area contributed by atoms with Crippen molar-refractivity contribution < 1.29 is 24.2 Å². The number of hydrogen-bond acceptors (Lipinski definition) is 4. The first-order valence-electron chi connectivity index (χ1n) is 14.1. The van der Waals surface area contributed by atoms with Gasteiger partial charge in [-0.2, -0.15) is 0 Å². The minimum Gasteiger partial charge on any atom is -0.507 e. The van der Waals surface area contributed by atoms with Crippen LogP contribution in [0.2, 0.25) is 0 Å². The number of benzene rings is 3. The molecular formula is C33H42O5. The predicted octanol–water partition coefficient (Wildman–Crippen LogP) is 9.05. The molecule has 2 aromatic heterocycles. The summed E-state index contributed by atoms with van der Waals surface area (Å²) in [5.74, 6) is -0.195. The third kappa shape index (κ3) is 10.1. The summed E-state index contributed by atoms with van der Waals surface area (Å²) in [6, 6.07) is 21.1. The first-order chi connectivity index (χ1) is 18.6. The summed E-state index contributed by atoms with van der Waals surface area (Å²) in [5.41, 5.74) is 4.25. The lowest BCUT2D eigenvalue weighted by Crippen LogP contribution is -1.98. The molecule has 4 aromatic rings. The molecule has 0 unspecified atom stereocenters. The van der Waals surface area contributed by atoms with E-state index in [2.05, 4.69) is 18.2 Å². The van der Waals surface area contributed by atoms with E-state index in [1.54, 1.807) is 6.07 Å². The van der Waals surface area contributed by atoms with Crippen LogP contribution < -0.4 is 4.74 Å². The number of para-hydroxylation sites is 1. The Labute approximate surface area is 226 Å². The Morgan fingerprint density at radius 1 is 0.737 bits per heavy atom. The number of phenols is 1. The molecule has 0 amide bonds. The van der Waals surface area contributed by atoms with Crippen LogP contribution in [-0.2, 0) is 12.8 Å². The van der Waals surface area contributed by atoms with Crippen molar-refractivity contribution in [2.75, 3.05) is 6.61 Å². The average Bonchev–Trinajstić information content (AvgIpc) is 3.58. The summed E-state index contributed by atoms with van der Waals surface area (Å²) < 4.78 is 10.8. The lowest BCUT2D eigenvalue weighted by molar-refractivity contribution is 0.0693. The Balaban J connectivity index is 0.000000483. The molecule has 0 radical (unpaired) electrons. The van der Waals surface area contributed by atoms with Crippen molar-refractivity contribution in [1.29, 1.82) is 0 Å². The van der Waals surface area contributed by atoms with Crippen LogP contribution in [-0.4, -0.2) is 22.8 Å². The van der Waals surface area contributed by atoms with Gasteiger partial charge < -0.3 is 19.4 Å². The molecular weight excluding hydrogens is 476 g/mol. The number of rotatable bonds is 16. The highest BCUT2D eigenvalue weighted by Gasteiger charge is 2.09. The fraction of sp³-hybridized carbons (Fsp3) is 0.424. The Bertz CT molecular complexity index is 1150. The largest absolute Gasteiger partial charge is 0.507 e. The maximum Gasteiger partial charge on any atom is 0.339 e.